The molecule has 1 fully saturated rings. The normalized spacial score (nSPS) is 23.3. The average molecular weight is 263 g/mol. The first kappa shape index (κ1) is 14.3. The summed E-state index contributed by atoms with van der Waals surface area (Å²) in [7, 11) is 6.05. The minimum absolute atomic E-state index is 0.0878. The molecule has 2 N–H and O–H groups in total. The fraction of sp³-hybridized carbons (Fsp3) is 0.600. The van der Waals surface area contributed by atoms with Crippen LogP contribution < -0.4 is 10.5 Å². The third-order valence-corrected chi connectivity index (χ3v) is 4.05. The molecule has 2 atom stereocenters. The molecule has 1 saturated heterocycles. The first-order valence-corrected chi connectivity index (χ1v) is 6.88. The molecule has 106 valence electrons. The van der Waals surface area contributed by atoms with Crippen LogP contribution in [0.25, 0.3) is 0 Å². The van der Waals surface area contributed by atoms with Crippen molar-refractivity contribution in [2.45, 2.75) is 18.5 Å². The van der Waals surface area contributed by atoms with Gasteiger partial charge in [-0.05, 0) is 38.2 Å². The van der Waals surface area contributed by atoms with Crippen molar-refractivity contribution >= 4 is 0 Å². The summed E-state index contributed by atoms with van der Waals surface area (Å²) in [4.78, 5) is 4.80. The molecule has 19 heavy (non-hydrogen) atoms. The van der Waals surface area contributed by atoms with Gasteiger partial charge in [0.1, 0.15) is 5.75 Å². The van der Waals surface area contributed by atoms with E-state index in [4.69, 9.17) is 10.5 Å². The van der Waals surface area contributed by atoms with Gasteiger partial charge in [-0.15, -0.1) is 0 Å². The Balaban J connectivity index is 1.97. The molecule has 0 saturated carbocycles. The van der Waals surface area contributed by atoms with E-state index in [-0.39, 0.29) is 6.04 Å². The van der Waals surface area contributed by atoms with Crippen molar-refractivity contribution in [3.8, 4) is 5.75 Å². The highest BCUT2D eigenvalue weighted by molar-refractivity contribution is 5.29. The lowest BCUT2D eigenvalue weighted by Crippen LogP contribution is -2.50. The predicted octanol–water partition coefficient (Wildman–Crippen LogP) is 1.33. The molecule has 0 amide bonds. The second-order valence-electron chi connectivity index (χ2n) is 5.51. The molecule has 4 heteroatoms. The van der Waals surface area contributed by atoms with Crippen molar-refractivity contribution < 1.29 is 4.74 Å². The Kier molecular flexibility index (Phi) is 4.80. The maximum atomic E-state index is 6.34. The lowest BCUT2D eigenvalue weighted by atomic mass is 9.98. The number of rotatable bonds is 4. The fourth-order valence-electron chi connectivity index (χ4n) is 2.64. The van der Waals surface area contributed by atoms with E-state index in [1.165, 1.54) is 5.56 Å². The summed E-state index contributed by atoms with van der Waals surface area (Å²) in [6, 6.07) is 8.71. The van der Waals surface area contributed by atoms with E-state index in [2.05, 4.69) is 36.0 Å². The lowest BCUT2D eigenvalue weighted by Gasteiger charge is -2.38. The molecule has 4 nitrogen and oxygen atoms in total. The molecule has 0 aliphatic carbocycles. The summed E-state index contributed by atoms with van der Waals surface area (Å²) >= 11 is 0. The number of piperazine rings is 1. The molecule has 1 aliphatic rings. The summed E-state index contributed by atoms with van der Waals surface area (Å²) in [6.07, 6.45) is 0.993. The van der Waals surface area contributed by atoms with Crippen molar-refractivity contribution in [2.75, 3.05) is 40.8 Å². The molecule has 0 bridgehead atoms. The second kappa shape index (κ2) is 6.37. The van der Waals surface area contributed by atoms with Crippen LogP contribution in [0.3, 0.4) is 0 Å². The minimum atomic E-state index is 0.0878. The number of likely N-dealkylation sites (N-methyl/N-ethyl adjacent to an activating group) is 2. The second-order valence-corrected chi connectivity index (χ2v) is 5.51. The molecule has 1 aliphatic heterocycles. The Labute approximate surface area is 116 Å². The van der Waals surface area contributed by atoms with Crippen molar-refractivity contribution in [1.82, 2.24) is 9.80 Å². The monoisotopic (exact) mass is 263 g/mol. The summed E-state index contributed by atoms with van der Waals surface area (Å²) < 4.78 is 5.17. The molecule has 0 spiro atoms. The van der Waals surface area contributed by atoms with Gasteiger partial charge in [-0.25, -0.2) is 0 Å². The van der Waals surface area contributed by atoms with Crippen molar-refractivity contribution in [2.24, 2.45) is 5.73 Å². The van der Waals surface area contributed by atoms with Crippen LogP contribution >= 0.6 is 0 Å². The number of ether oxygens (including phenoxy) is 1. The van der Waals surface area contributed by atoms with Gasteiger partial charge in [0.25, 0.3) is 0 Å². The van der Waals surface area contributed by atoms with Crippen LogP contribution in [0.1, 0.15) is 18.0 Å². The van der Waals surface area contributed by atoms with Gasteiger partial charge in [0, 0.05) is 31.7 Å². The topological polar surface area (TPSA) is 41.7 Å². The average Bonchev–Trinajstić information content (AvgIpc) is 2.43. The van der Waals surface area contributed by atoms with Crippen molar-refractivity contribution in [3.63, 3.8) is 0 Å². The third-order valence-electron chi connectivity index (χ3n) is 4.05. The molecule has 2 rings (SSSR count). The molecule has 1 aromatic carbocycles. The van der Waals surface area contributed by atoms with E-state index >= 15 is 0 Å². The van der Waals surface area contributed by atoms with Crippen molar-refractivity contribution in [1.29, 1.82) is 0 Å². The fourth-order valence-corrected chi connectivity index (χ4v) is 2.64. The predicted molar refractivity (Wildman–Crippen MR) is 78.5 cm³/mol. The number of nitrogens with two attached hydrogens (primary N) is 1. The van der Waals surface area contributed by atoms with Crippen LogP contribution in [0, 0.1) is 0 Å². The van der Waals surface area contributed by atoms with Gasteiger partial charge in [0.15, 0.2) is 0 Å². The largest absolute Gasteiger partial charge is 0.497 e. The molecule has 0 radical (unpaired) electrons. The van der Waals surface area contributed by atoms with Crippen LogP contribution in [0.5, 0.6) is 5.75 Å². The van der Waals surface area contributed by atoms with Gasteiger partial charge in [-0.2, -0.15) is 0 Å². The highest BCUT2D eigenvalue weighted by Gasteiger charge is 2.24. The Morgan fingerprint density at radius 1 is 1.26 bits per heavy atom. The Morgan fingerprint density at radius 3 is 2.58 bits per heavy atom. The highest BCUT2D eigenvalue weighted by Crippen LogP contribution is 2.22. The Morgan fingerprint density at radius 2 is 1.95 bits per heavy atom. The van der Waals surface area contributed by atoms with Gasteiger partial charge >= 0.3 is 0 Å². The minimum Gasteiger partial charge on any atom is -0.497 e. The quantitative estimate of drug-likeness (QED) is 0.890. The number of methoxy groups -OCH3 is 1. The Bertz CT molecular complexity index is 393. The van der Waals surface area contributed by atoms with E-state index in [9.17, 15) is 0 Å². The molecular weight excluding hydrogens is 238 g/mol. The maximum Gasteiger partial charge on any atom is 0.118 e. The van der Waals surface area contributed by atoms with Gasteiger partial charge in [-0.3, -0.25) is 0 Å². The number of benzene rings is 1. The van der Waals surface area contributed by atoms with E-state index in [1.54, 1.807) is 7.11 Å². The van der Waals surface area contributed by atoms with Crippen LogP contribution in [0.4, 0.5) is 0 Å². The van der Waals surface area contributed by atoms with Gasteiger partial charge in [-0.1, -0.05) is 12.1 Å². The van der Waals surface area contributed by atoms with E-state index in [0.717, 1.165) is 31.8 Å². The zero-order valence-corrected chi connectivity index (χ0v) is 12.2. The molecule has 1 heterocycles. The van der Waals surface area contributed by atoms with Crippen molar-refractivity contribution in [3.05, 3.63) is 29.8 Å². The van der Waals surface area contributed by atoms with E-state index in [0.29, 0.717) is 6.04 Å². The summed E-state index contributed by atoms with van der Waals surface area (Å²) in [5, 5.41) is 0. The van der Waals surface area contributed by atoms with E-state index in [1.807, 2.05) is 12.1 Å². The smallest absolute Gasteiger partial charge is 0.118 e. The number of hydrogen-bond donors (Lipinski definition) is 1. The SMILES string of the molecule is COc1ccc(C(N)CC2CN(C)CCN2C)cc1. The summed E-state index contributed by atoms with van der Waals surface area (Å²) in [6.45, 7) is 3.36. The van der Waals surface area contributed by atoms with Crippen LogP contribution in [-0.2, 0) is 0 Å². The van der Waals surface area contributed by atoms with Crippen LogP contribution in [-0.4, -0.2) is 56.7 Å². The summed E-state index contributed by atoms with van der Waals surface area (Å²) in [5.74, 6) is 0.880. The zero-order chi connectivity index (χ0) is 13.8. The van der Waals surface area contributed by atoms with Gasteiger partial charge in [0.05, 0.1) is 7.11 Å². The standard InChI is InChI=1S/C15H25N3O/c1-17-8-9-18(2)13(11-17)10-15(16)12-4-6-14(19-3)7-5-12/h4-7,13,15H,8-11,16H2,1-3H3. The Hall–Kier alpha value is -1.10. The van der Waals surface area contributed by atoms with E-state index < -0.39 is 0 Å². The molecule has 2 unspecified atom stereocenters. The van der Waals surface area contributed by atoms with Crippen LogP contribution in [0.15, 0.2) is 24.3 Å². The number of hydrogen-bond acceptors (Lipinski definition) is 4. The molecule has 1 aromatic rings. The van der Waals surface area contributed by atoms with Gasteiger partial charge < -0.3 is 20.3 Å². The molecule has 0 aromatic heterocycles. The number of nitrogens with zero attached hydrogens (tertiary/aromatic N) is 2. The highest BCUT2D eigenvalue weighted by atomic mass is 16.5. The summed E-state index contributed by atoms with van der Waals surface area (Å²) in [5.41, 5.74) is 7.52. The van der Waals surface area contributed by atoms with Gasteiger partial charge in [0.2, 0.25) is 0 Å². The first-order chi connectivity index (χ1) is 9.10. The molecular formula is C15H25N3O. The zero-order valence-electron chi connectivity index (χ0n) is 12.2. The first-order valence-electron chi connectivity index (χ1n) is 6.88. The van der Waals surface area contributed by atoms with Crippen LogP contribution in [0.2, 0.25) is 0 Å². The lowest BCUT2D eigenvalue weighted by molar-refractivity contribution is 0.104. The maximum absolute atomic E-state index is 6.34. The third kappa shape index (κ3) is 3.69.